The van der Waals surface area contributed by atoms with E-state index in [-0.39, 0.29) is 5.69 Å². The molecule has 0 saturated heterocycles. The first-order valence-electron chi connectivity index (χ1n) is 5.09. The summed E-state index contributed by atoms with van der Waals surface area (Å²) in [7, 11) is 0. The van der Waals surface area contributed by atoms with Crippen molar-refractivity contribution in [3.8, 4) is 5.75 Å². The van der Waals surface area contributed by atoms with Crippen LogP contribution in [0.15, 0.2) is 35.7 Å². The van der Waals surface area contributed by atoms with E-state index in [2.05, 4.69) is 0 Å². The summed E-state index contributed by atoms with van der Waals surface area (Å²) in [6.45, 7) is 0.335. The molecule has 0 fully saturated rings. The number of aldehydes is 1. The van der Waals surface area contributed by atoms with Gasteiger partial charge in [-0.2, -0.15) is 0 Å². The normalized spacial score (nSPS) is 10.0. The summed E-state index contributed by atoms with van der Waals surface area (Å²) in [5.74, 6) is 0.555. The molecule has 0 bridgehead atoms. The Kier molecular flexibility index (Phi) is 3.69. The van der Waals surface area contributed by atoms with Crippen LogP contribution < -0.4 is 4.74 Å². The molecule has 1 aromatic heterocycles. The second-order valence-electron chi connectivity index (χ2n) is 3.51. The fourth-order valence-electron chi connectivity index (χ4n) is 1.36. The summed E-state index contributed by atoms with van der Waals surface area (Å²) >= 11 is 1.35. The first-order valence-corrected chi connectivity index (χ1v) is 5.97. The van der Waals surface area contributed by atoms with Gasteiger partial charge < -0.3 is 4.74 Å². The van der Waals surface area contributed by atoms with Crippen LogP contribution in [-0.4, -0.2) is 11.2 Å². The van der Waals surface area contributed by atoms with Crippen molar-refractivity contribution in [2.45, 2.75) is 6.61 Å². The van der Waals surface area contributed by atoms with E-state index in [4.69, 9.17) is 4.74 Å². The maximum Gasteiger partial charge on any atom is 0.269 e. The van der Waals surface area contributed by atoms with E-state index >= 15 is 0 Å². The van der Waals surface area contributed by atoms with E-state index in [9.17, 15) is 14.9 Å². The minimum absolute atomic E-state index is 0.0288. The Bertz CT molecular complexity index is 562. The summed E-state index contributed by atoms with van der Waals surface area (Å²) in [5.41, 5.74) is 0.932. The van der Waals surface area contributed by atoms with Crippen LogP contribution in [0.2, 0.25) is 0 Å². The lowest BCUT2D eigenvalue weighted by molar-refractivity contribution is -0.384. The number of nitro benzene ring substituents is 1. The highest BCUT2D eigenvalue weighted by Crippen LogP contribution is 2.19. The highest BCUT2D eigenvalue weighted by molar-refractivity contribution is 7.11. The topological polar surface area (TPSA) is 69.4 Å². The summed E-state index contributed by atoms with van der Waals surface area (Å²) in [6, 6.07) is 7.62. The zero-order valence-corrected chi connectivity index (χ0v) is 10.1. The largest absolute Gasteiger partial charge is 0.489 e. The Morgan fingerprint density at radius 2 is 2.06 bits per heavy atom. The molecule has 1 aromatic carbocycles. The zero-order chi connectivity index (χ0) is 13.0. The van der Waals surface area contributed by atoms with Gasteiger partial charge in [-0.05, 0) is 23.6 Å². The van der Waals surface area contributed by atoms with E-state index in [1.165, 1.54) is 23.5 Å². The van der Waals surface area contributed by atoms with Gasteiger partial charge in [-0.3, -0.25) is 14.9 Å². The number of nitrogens with zero attached hydrogens (tertiary/aromatic N) is 1. The average Bonchev–Trinajstić information content (AvgIpc) is 2.85. The van der Waals surface area contributed by atoms with Crippen molar-refractivity contribution in [3.05, 3.63) is 56.3 Å². The minimum Gasteiger partial charge on any atom is -0.489 e. The van der Waals surface area contributed by atoms with E-state index in [0.717, 1.165) is 11.8 Å². The van der Waals surface area contributed by atoms with E-state index in [1.807, 2.05) is 5.38 Å². The third-order valence-electron chi connectivity index (χ3n) is 2.24. The lowest BCUT2D eigenvalue weighted by Crippen LogP contribution is -1.94. The number of carbonyl (C=O) groups is 1. The van der Waals surface area contributed by atoms with Gasteiger partial charge in [0.25, 0.3) is 5.69 Å². The Labute approximate surface area is 107 Å². The number of carbonyl (C=O) groups excluding carboxylic acids is 1. The number of non-ortho nitro benzene ring substituents is 1. The predicted molar refractivity (Wildman–Crippen MR) is 67.1 cm³/mol. The lowest BCUT2D eigenvalue weighted by atomic mass is 10.3. The molecule has 92 valence electrons. The standard InChI is InChI=1S/C12H9NO4S/c14-6-12-5-9(8-18-12)7-17-11-3-1-10(2-4-11)13(15)16/h1-6,8H,7H2. The number of hydrogen-bond acceptors (Lipinski definition) is 5. The minimum atomic E-state index is -0.459. The molecule has 0 aliphatic carbocycles. The first kappa shape index (κ1) is 12.3. The van der Waals surface area contributed by atoms with Crippen LogP contribution in [0.1, 0.15) is 15.2 Å². The van der Waals surface area contributed by atoms with Gasteiger partial charge in [-0.1, -0.05) is 0 Å². The van der Waals surface area contributed by atoms with E-state index in [0.29, 0.717) is 17.2 Å². The van der Waals surface area contributed by atoms with Crippen molar-refractivity contribution in [3.63, 3.8) is 0 Å². The molecule has 0 aliphatic rings. The van der Waals surface area contributed by atoms with Crippen LogP contribution in [0.4, 0.5) is 5.69 Å². The molecule has 1 heterocycles. The maximum atomic E-state index is 10.5. The molecule has 2 rings (SSSR count). The predicted octanol–water partition coefficient (Wildman–Crippen LogP) is 3.05. The number of rotatable bonds is 5. The molecule has 0 aliphatic heterocycles. The van der Waals surface area contributed by atoms with Gasteiger partial charge in [0.2, 0.25) is 0 Å². The van der Waals surface area contributed by atoms with Crippen LogP contribution in [0.3, 0.4) is 0 Å². The van der Waals surface area contributed by atoms with Gasteiger partial charge in [0.15, 0.2) is 6.29 Å². The summed E-state index contributed by atoms with van der Waals surface area (Å²) < 4.78 is 5.45. The zero-order valence-electron chi connectivity index (χ0n) is 9.24. The van der Waals surface area contributed by atoms with Gasteiger partial charge in [0.05, 0.1) is 9.80 Å². The summed E-state index contributed by atoms with van der Waals surface area (Å²) in [6.07, 6.45) is 0.792. The van der Waals surface area contributed by atoms with Crippen LogP contribution in [0.5, 0.6) is 5.75 Å². The van der Waals surface area contributed by atoms with Crippen LogP contribution in [-0.2, 0) is 6.61 Å². The van der Waals surface area contributed by atoms with Crippen molar-refractivity contribution >= 4 is 23.3 Å². The Morgan fingerprint density at radius 3 is 2.61 bits per heavy atom. The van der Waals surface area contributed by atoms with Crippen molar-refractivity contribution in [1.82, 2.24) is 0 Å². The van der Waals surface area contributed by atoms with Gasteiger partial charge in [0.1, 0.15) is 12.4 Å². The smallest absolute Gasteiger partial charge is 0.269 e. The SMILES string of the molecule is O=Cc1cc(COc2ccc([N+](=O)[O-])cc2)cs1. The van der Waals surface area contributed by atoms with Gasteiger partial charge in [-0.25, -0.2) is 0 Å². The molecule has 0 saturated carbocycles. The Morgan fingerprint density at radius 1 is 1.33 bits per heavy atom. The molecule has 5 nitrogen and oxygen atoms in total. The number of hydrogen-bond donors (Lipinski definition) is 0. The van der Waals surface area contributed by atoms with Gasteiger partial charge in [0, 0.05) is 17.7 Å². The molecule has 0 radical (unpaired) electrons. The molecule has 0 unspecified atom stereocenters. The fraction of sp³-hybridized carbons (Fsp3) is 0.0833. The number of benzene rings is 1. The van der Waals surface area contributed by atoms with Crippen LogP contribution in [0, 0.1) is 10.1 Å². The summed E-state index contributed by atoms with van der Waals surface area (Å²) in [4.78, 5) is 21.2. The molecule has 0 amide bonds. The first-order chi connectivity index (χ1) is 8.69. The second-order valence-corrected chi connectivity index (χ2v) is 4.46. The van der Waals surface area contributed by atoms with Gasteiger partial charge >= 0.3 is 0 Å². The molecule has 2 aromatic rings. The third-order valence-corrected chi connectivity index (χ3v) is 3.15. The summed E-state index contributed by atoms with van der Waals surface area (Å²) in [5, 5.41) is 12.3. The fourth-order valence-corrected chi connectivity index (χ4v) is 2.06. The second kappa shape index (κ2) is 5.42. The van der Waals surface area contributed by atoms with Crippen molar-refractivity contribution < 1.29 is 14.5 Å². The van der Waals surface area contributed by atoms with Gasteiger partial charge in [-0.15, -0.1) is 11.3 Å². The van der Waals surface area contributed by atoms with Crippen LogP contribution >= 0.6 is 11.3 Å². The molecule has 18 heavy (non-hydrogen) atoms. The van der Waals surface area contributed by atoms with Crippen molar-refractivity contribution in [2.24, 2.45) is 0 Å². The Hall–Kier alpha value is -2.21. The van der Waals surface area contributed by atoms with Crippen molar-refractivity contribution in [2.75, 3.05) is 0 Å². The van der Waals surface area contributed by atoms with E-state index in [1.54, 1.807) is 18.2 Å². The Balaban J connectivity index is 1.97. The molecule has 6 heteroatoms. The highest BCUT2D eigenvalue weighted by atomic mass is 32.1. The average molecular weight is 263 g/mol. The third kappa shape index (κ3) is 2.92. The molecular weight excluding hydrogens is 254 g/mol. The molecular formula is C12H9NO4S. The number of thiophene rings is 1. The molecule has 0 N–H and O–H groups in total. The van der Waals surface area contributed by atoms with Crippen LogP contribution in [0.25, 0.3) is 0 Å². The number of nitro groups is 1. The maximum absolute atomic E-state index is 10.5. The monoisotopic (exact) mass is 263 g/mol. The van der Waals surface area contributed by atoms with Crippen molar-refractivity contribution in [1.29, 1.82) is 0 Å². The lowest BCUT2D eigenvalue weighted by Gasteiger charge is -2.03. The molecule has 0 atom stereocenters. The number of ether oxygens (including phenoxy) is 1. The highest BCUT2D eigenvalue weighted by Gasteiger charge is 2.05. The molecule has 0 spiro atoms. The quantitative estimate of drug-likeness (QED) is 0.472. The van der Waals surface area contributed by atoms with E-state index < -0.39 is 4.92 Å².